The first-order valence-electron chi connectivity index (χ1n) is 7.07. The Bertz CT molecular complexity index is 408. The van der Waals surface area contributed by atoms with E-state index in [2.05, 4.69) is 14.9 Å². The van der Waals surface area contributed by atoms with Crippen molar-refractivity contribution in [1.29, 1.82) is 0 Å². The van der Waals surface area contributed by atoms with E-state index in [1.165, 1.54) is 18.5 Å². The van der Waals surface area contributed by atoms with Crippen LogP contribution in [-0.2, 0) is 13.6 Å². The lowest BCUT2D eigenvalue weighted by Crippen LogP contribution is -2.35. The fourth-order valence-corrected chi connectivity index (χ4v) is 2.99. The van der Waals surface area contributed by atoms with Gasteiger partial charge < -0.3 is 19.9 Å². The molecule has 108 valence electrons. The number of imidazole rings is 1. The molecule has 1 aliphatic carbocycles. The van der Waals surface area contributed by atoms with Crippen LogP contribution < -0.4 is 10.2 Å². The second-order valence-electron chi connectivity index (χ2n) is 5.97. The van der Waals surface area contributed by atoms with Crippen LogP contribution >= 0.6 is 0 Å². The van der Waals surface area contributed by atoms with Crippen LogP contribution in [-0.4, -0.2) is 41.9 Å². The molecule has 0 bridgehead atoms. The van der Waals surface area contributed by atoms with Crippen molar-refractivity contribution in [2.24, 2.45) is 12.5 Å². The Morgan fingerprint density at radius 3 is 2.63 bits per heavy atom. The van der Waals surface area contributed by atoms with Crippen molar-refractivity contribution < 1.29 is 5.11 Å². The Balaban J connectivity index is 1.89. The van der Waals surface area contributed by atoms with Crippen molar-refractivity contribution in [2.75, 3.05) is 32.1 Å². The number of nitrogens with one attached hydrogen (secondary N) is 1. The van der Waals surface area contributed by atoms with Gasteiger partial charge in [0.25, 0.3) is 0 Å². The molecule has 2 N–H and O–H groups in total. The van der Waals surface area contributed by atoms with Crippen molar-refractivity contribution >= 4 is 5.95 Å². The van der Waals surface area contributed by atoms with Gasteiger partial charge in [-0.05, 0) is 12.8 Å². The van der Waals surface area contributed by atoms with Gasteiger partial charge in [-0.15, -0.1) is 0 Å². The molecule has 0 aliphatic heterocycles. The zero-order valence-corrected chi connectivity index (χ0v) is 12.3. The van der Waals surface area contributed by atoms with E-state index in [1.807, 2.05) is 32.2 Å². The SMILES string of the molecule is CN(C)c1ncc(CNCC2(CO)CCCC2)n1C. The second-order valence-corrected chi connectivity index (χ2v) is 5.97. The summed E-state index contributed by atoms with van der Waals surface area (Å²) in [6.07, 6.45) is 6.70. The quantitative estimate of drug-likeness (QED) is 0.810. The van der Waals surface area contributed by atoms with E-state index in [9.17, 15) is 5.11 Å². The molecule has 0 amide bonds. The van der Waals surface area contributed by atoms with Crippen molar-refractivity contribution in [2.45, 2.75) is 32.2 Å². The molecule has 0 spiro atoms. The van der Waals surface area contributed by atoms with Crippen molar-refractivity contribution in [3.05, 3.63) is 11.9 Å². The minimum atomic E-state index is 0.114. The normalized spacial score (nSPS) is 17.9. The number of anilines is 1. The molecule has 0 radical (unpaired) electrons. The molecule has 1 aliphatic rings. The Labute approximate surface area is 115 Å². The van der Waals surface area contributed by atoms with Crippen LogP contribution in [0.4, 0.5) is 5.95 Å². The van der Waals surface area contributed by atoms with Gasteiger partial charge in [0.15, 0.2) is 0 Å². The van der Waals surface area contributed by atoms with Gasteiger partial charge in [0, 0.05) is 46.3 Å². The average Bonchev–Trinajstić information content (AvgIpc) is 2.98. The number of aliphatic hydroxyl groups excluding tert-OH is 1. The summed E-state index contributed by atoms with van der Waals surface area (Å²) in [6, 6.07) is 0. The highest BCUT2D eigenvalue weighted by molar-refractivity contribution is 5.30. The smallest absolute Gasteiger partial charge is 0.204 e. The first-order valence-corrected chi connectivity index (χ1v) is 7.07. The molecule has 1 saturated carbocycles. The molecule has 0 unspecified atom stereocenters. The van der Waals surface area contributed by atoms with Crippen LogP contribution in [0.2, 0.25) is 0 Å². The van der Waals surface area contributed by atoms with Gasteiger partial charge in [-0.25, -0.2) is 4.98 Å². The van der Waals surface area contributed by atoms with E-state index < -0.39 is 0 Å². The molecule has 1 aromatic heterocycles. The summed E-state index contributed by atoms with van der Waals surface area (Å²) in [4.78, 5) is 6.41. The first-order chi connectivity index (χ1) is 9.08. The van der Waals surface area contributed by atoms with Gasteiger partial charge in [-0.1, -0.05) is 12.8 Å². The maximum absolute atomic E-state index is 9.58. The van der Waals surface area contributed by atoms with Crippen LogP contribution in [0.25, 0.3) is 0 Å². The topological polar surface area (TPSA) is 53.3 Å². The van der Waals surface area contributed by atoms with E-state index in [0.29, 0.717) is 6.61 Å². The fourth-order valence-electron chi connectivity index (χ4n) is 2.99. The van der Waals surface area contributed by atoms with Crippen molar-refractivity contribution in [3.63, 3.8) is 0 Å². The fraction of sp³-hybridized carbons (Fsp3) is 0.786. The van der Waals surface area contributed by atoms with Gasteiger partial charge >= 0.3 is 0 Å². The largest absolute Gasteiger partial charge is 0.396 e. The van der Waals surface area contributed by atoms with Gasteiger partial charge in [0.1, 0.15) is 0 Å². The average molecular weight is 266 g/mol. The molecule has 1 heterocycles. The summed E-state index contributed by atoms with van der Waals surface area (Å²) >= 11 is 0. The third kappa shape index (κ3) is 3.09. The predicted molar refractivity (Wildman–Crippen MR) is 77.2 cm³/mol. The number of rotatable bonds is 6. The summed E-state index contributed by atoms with van der Waals surface area (Å²) in [5.74, 6) is 0.967. The lowest BCUT2D eigenvalue weighted by atomic mass is 9.87. The summed E-state index contributed by atoms with van der Waals surface area (Å²) in [7, 11) is 6.04. The van der Waals surface area contributed by atoms with Crippen LogP contribution in [0.5, 0.6) is 0 Å². The van der Waals surface area contributed by atoms with Crippen LogP contribution in [0.3, 0.4) is 0 Å². The van der Waals surface area contributed by atoms with Crippen LogP contribution in [0.1, 0.15) is 31.4 Å². The van der Waals surface area contributed by atoms with Gasteiger partial charge in [-0.2, -0.15) is 0 Å². The first kappa shape index (κ1) is 14.3. The Hall–Kier alpha value is -1.07. The zero-order valence-electron chi connectivity index (χ0n) is 12.3. The highest BCUT2D eigenvalue weighted by Crippen LogP contribution is 2.36. The minimum Gasteiger partial charge on any atom is -0.396 e. The molecule has 5 heteroatoms. The third-order valence-corrected chi connectivity index (χ3v) is 4.27. The summed E-state index contributed by atoms with van der Waals surface area (Å²) < 4.78 is 2.10. The number of nitrogens with zero attached hydrogens (tertiary/aromatic N) is 3. The zero-order chi connectivity index (χ0) is 13.9. The maximum atomic E-state index is 9.58. The van der Waals surface area contributed by atoms with E-state index >= 15 is 0 Å². The van der Waals surface area contributed by atoms with E-state index in [0.717, 1.165) is 31.9 Å². The second kappa shape index (κ2) is 5.92. The lowest BCUT2D eigenvalue weighted by Gasteiger charge is -2.26. The summed E-state index contributed by atoms with van der Waals surface area (Å²) in [6.45, 7) is 2.00. The molecule has 5 nitrogen and oxygen atoms in total. The molecule has 2 rings (SSSR count). The van der Waals surface area contributed by atoms with Gasteiger partial charge in [-0.3, -0.25) is 0 Å². The molecular formula is C14H26N4O. The molecular weight excluding hydrogens is 240 g/mol. The number of hydrogen-bond acceptors (Lipinski definition) is 4. The van der Waals surface area contributed by atoms with Crippen molar-refractivity contribution in [3.8, 4) is 0 Å². The van der Waals surface area contributed by atoms with E-state index in [1.54, 1.807) is 0 Å². The lowest BCUT2D eigenvalue weighted by molar-refractivity contribution is 0.128. The number of hydrogen-bond donors (Lipinski definition) is 2. The van der Waals surface area contributed by atoms with Crippen LogP contribution in [0, 0.1) is 5.41 Å². The van der Waals surface area contributed by atoms with E-state index in [4.69, 9.17) is 0 Å². The summed E-state index contributed by atoms with van der Waals surface area (Å²) in [5.41, 5.74) is 1.29. The third-order valence-electron chi connectivity index (χ3n) is 4.27. The van der Waals surface area contributed by atoms with Gasteiger partial charge in [0.05, 0.1) is 11.9 Å². The van der Waals surface area contributed by atoms with Gasteiger partial charge in [0.2, 0.25) is 5.95 Å². The molecule has 1 aromatic rings. The highest BCUT2D eigenvalue weighted by Gasteiger charge is 2.32. The van der Waals surface area contributed by atoms with E-state index in [-0.39, 0.29) is 5.41 Å². The highest BCUT2D eigenvalue weighted by atomic mass is 16.3. The van der Waals surface area contributed by atoms with Crippen molar-refractivity contribution in [1.82, 2.24) is 14.9 Å². The summed E-state index contributed by atoms with van der Waals surface area (Å²) in [5, 5.41) is 13.1. The molecule has 0 atom stereocenters. The number of aliphatic hydroxyl groups is 1. The maximum Gasteiger partial charge on any atom is 0.204 e. The molecule has 1 fully saturated rings. The van der Waals surface area contributed by atoms with Crippen LogP contribution in [0.15, 0.2) is 6.20 Å². The Morgan fingerprint density at radius 2 is 2.11 bits per heavy atom. The molecule has 0 saturated heterocycles. The standard InChI is InChI=1S/C14H26N4O/c1-17(2)13-16-9-12(18(13)3)8-15-10-14(11-19)6-4-5-7-14/h9,15,19H,4-8,10-11H2,1-3H3. The minimum absolute atomic E-state index is 0.114. The Kier molecular flexibility index (Phi) is 4.47. The molecule has 19 heavy (non-hydrogen) atoms. The monoisotopic (exact) mass is 266 g/mol. The molecule has 0 aromatic carbocycles. The Morgan fingerprint density at radius 1 is 1.42 bits per heavy atom. The number of aromatic nitrogens is 2. The predicted octanol–water partition coefficient (Wildman–Crippen LogP) is 1.13.